The number of Topliss-reactive ketones (excluding diaryl/α,β-unsaturated/α-hetero) is 1. The molecule has 3 aromatic rings. The standard InChI is InChI=1S/C25H22N2O3/c1-17-9-11-19(12-10-17)23(28)21-22(20-8-5-14-26-16-20)27(25(30)24(21)29)15-13-18-6-3-2-4-7-18/h2-12,14,16,22,28H,13,15H2,1H3. The van der Waals surface area contributed by atoms with Crippen LogP contribution in [0.2, 0.25) is 0 Å². The van der Waals surface area contributed by atoms with E-state index in [-0.39, 0.29) is 11.3 Å². The highest BCUT2D eigenvalue weighted by molar-refractivity contribution is 6.46. The zero-order valence-electron chi connectivity index (χ0n) is 16.7. The van der Waals surface area contributed by atoms with E-state index in [1.807, 2.05) is 55.5 Å². The number of hydrogen-bond donors (Lipinski definition) is 1. The van der Waals surface area contributed by atoms with Gasteiger partial charge in [-0.2, -0.15) is 0 Å². The van der Waals surface area contributed by atoms with Gasteiger partial charge in [0.25, 0.3) is 11.7 Å². The molecule has 30 heavy (non-hydrogen) atoms. The molecule has 4 rings (SSSR count). The highest BCUT2D eigenvalue weighted by atomic mass is 16.3. The highest BCUT2D eigenvalue weighted by Gasteiger charge is 2.45. The Kier molecular flexibility index (Phi) is 5.44. The minimum atomic E-state index is -0.677. The van der Waals surface area contributed by atoms with Crippen molar-refractivity contribution in [2.24, 2.45) is 0 Å². The Morgan fingerprint density at radius 2 is 1.73 bits per heavy atom. The quantitative estimate of drug-likeness (QED) is 0.400. The molecule has 0 radical (unpaired) electrons. The van der Waals surface area contributed by atoms with Crippen molar-refractivity contribution in [2.45, 2.75) is 19.4 Å². The number of aliphatic hydroxyl groups excluding tert-OH is 1. The van der Waals surface area contributed by atoms with Gasteiger partial charge in [-0.1, -0.05) is 66.2 Å². The number of aryl methyl sites for hydroxylation is 1. The lowest BCUT2D eigenvalue weighted by atomic mass is 9.96. The van der Waals surface area contributed by atoms with Gasteiger partial charge in [0.1, 0.15) is 5.76 Å². The summed E-state index contributed by atoms with van der Waals surface area (Å²) in [7, 11) is 0. The summed E-state index contributed by atoms with van der Waals surface area (Å²) in [5.41, 5.74) is 3.42. The third-order valence-corrected chi connectivity index (χ3v) is 5.35. The van der Waals surface area contributed by atoms with Crippen LogP contribution in [0.25, 0.3) is 5.76 Å². The first-order valence-corrected chi connectivity index (χ1v) is 9.85. The van der Waals surface area contributed by atoms with E-state index in [0.717, 1.165) is 11.1 Å². The Morgan fingerprint density at radius 3 is 2.40 bits per heavy atom. The van der Waals surface area contributed by atoms with Gasteiger partial charge in [0, 0.05) is 24.5 Å². The number of aromatic nitrogens is 1. The molecule has 0 aliphatic carbocycles. The summed E-state index contributed by atoms with van der Waals surface area (Å²) in [5.74, 6) is -1.44. The number of benzene rings is 2. The molecule has 0 bridgehead atoms. The van der Waals surface area contributed by atoms with Crippen molar-refractivity contribution in [3.05, 3.63) is 107 Å². The molecule has 5 nitrogen and oxygen atoms in total. The third kappa shape index (κ3) is 3.74. The van der Waals surface area contributed by atoms with Gasteiger partial charge < -0.3 is 10.0 Å². The molecule has 1 saturated heterocycles. The first-order chi connectivity index (χ1) is 14.6. The number of likely N-dealkylation sites (tertiary alicyclic amines) is 1. The molecule has 1 aliphatic heterocycles. The van der Waals surface area contributed by atoms with Crippen LogP contribution in [0.15, 0.2) is 84.7 Å². The van der Waals surface area contributed by atoms with E-state index in [0.29, 0.717) is 24.1 Å². The first-order valence-electron chi connectivity index (χ1n) is 9.85. The summed E-state index contributed by atoms with van der Waals surface area (Å²) in [5, 5.41) is 11.0. The van der Waals surface area contributed by atoms with E-state index in [4.69, 9.17) is 0 Å². The number of amides is 1. The number of carbonyl (C=O) groups excluding carboxylic acids is 2. The van der Waals surface area contributed by atoms with Crippen LogP contribution in [-0.2, 0) is 16.0 Å². The van der Waals surface area contributed by atoms with E-state index in [1.165, 1.54) is 4.90 Å². The van der Waals surface area contributed by atoms with Crippen LogP contribution in [0.5, 0.6) is 0 Å². The average Bonchev–Trinajstić information content (AvgIpc) is 3.04. The lowest BCUT2D eigenvalue weighted by molar-refractivity contribution is -0.139. The van der Waals surface area contributed by atoms with Gasteiger partial charge in [0.15, 0.2) is 0 Å². The molecule has 1 aliphatic rings. The second-order valence-corrected chi connectivity index (χ2v) is 7.38. The van der Waals surface area contributed by atoms with Gasteiger partial charge in [0.05, 0.1) is 11.6 Å². The van der Waals surface area contributed by atoms with Crippen LogP contribution in [0.1, 0.15) is 28.3 Å². The van der Waals surface area contributed by atoms with E-state index in [2.05, 4.69) is 4.98 Å². The van der Waals surface area contributed by atoms with Crippen LogP contribution < -0.4 is 0 Å². The molecule has 1 aromatic heterocycles. The second kappa shape index (κ2) is 8.33. The number of nitrogens with zero attached hydrogens (tertiary/aromatic N) is 2. The van der Waals surface area contributed by atoms with E-state index < -0.39 is 17.7 Å². The summed E-state index contributed by atoms with van der Waals surface area (Å²) in [6, 6.07) is 19.9. The van der Waals surface area contributed by atoms with Crippen molar-refractivity contribution in [2.75, 3.05) is 6.54 Å². The summed E-state index contributed by atoms with van der Waals surface area (Å²) >= 11 is 0. The lowest BCUT2D eigenvalue weighted by Gasteiger charge is -2.25. The van der Waals surface area contributed by atoms with Gasteiger partial charge in [-0.05, 0) is 30.5 Å². The van der Waals surface area contributed by atoms with Gasteiger partial charge in [-0.25, -0.2) is 0 Å². The number of pyridine rings is 1. The van der Waals surface area contributed by atoms with Gasteiger partial charge in [-0.15, -0.1) is 0 Å². The first kappa shape index (κ1) is 19.6. The summed E-state index contributed by atoms with van der Waals surface area (Å²) in [4.78, 5) is 31.6. The van der Waals surface area contributed by atoms with Crippen LogP contribution in [0, 0.1) is 6.92 Å². The van der Waals surface area contributed by atoms with Crippen LogP contribution in [0.4, 0.5) is 0 Å². The topological polar surface area (TPSA) is 70.5 Å². The van der Waals surface area contributed by atoms with Crippen LogP contribution in [0.3, 0.4) is 0 Å². The molecule has 2 heterocycles. The van der Waals surface area contributed by atoms with Crippen molar-refractivity contribution < 1.29 is 14.7 Å². The predicted molar refractivity (Wildman–Crippen MR) is 115 cm³/mol. The zero-order valence-corrected chi connectivity index (χ0v) is 16.7. The fraction of sp³-hybridized carbons (Fsp3) is 0.160. The maximum atomic E-state index is 13.0. The van der Waals surface area contributed by atoms with E-state index >= 15 is 0 Å². The van der Waals surface area contributed by atoms with Crippen LogP contribution >= 0.6 is 0 Å². The van der Waals surface area contributed by atoms with Crippen molar-refractivity contribution in [1.29, 1.82) is 0 Å². The highest BCUT2D eigenvalue weighted by Crippen LogP contribution is 2.39. The smallest absolute Gasteiger partial charge is 0.295 e. The van der Waals surface area contributed by atoms with Gasteiger partial charge in [-0.3, -0.25) is 14.6 Å². The number of rotatable bonds is 5. The lowest BCUT2D eigenvalue weighted by Crippen LogP contribution is -2.31. The Hall–Kier alpha value is -3.73. The van der Waals surface area contributed by atoms with E-state index in [9.17, 15) is 14.7 Å². The molecular weight excluding hydrogens is 376 g/mol. The molecular formula is C25H22N2O3. The van der Waals surface area contributed by atoms with Crippen molar-refractivity contribution in [1.82, 2.24) is 9.88 Å². The zero-order chi connectivity index (χ0) is 21.1. The normalized spacial score (nSPS) is 18.0. The molecule has 1 atom stereocenters. The van der Waals surface area contributed by atoms with Crippen molar-refractivity contribution in [3.63, 3.8) is 0 Å². The van der Waals surface area contributed by atoms with Crippen LogP contribution in [-0.4, -0.2) is 33.2 Å². The van der Waals surface area contributed by atoms with E-state index in [1.54, 1.807) is 30.6 Å². The molecule has 0 spiro atoms. The molecule has 150 valence electrons. The predicted octanol–water partition coefficient (Wildman–Crippen LogP) is 4.05. The van der Waals surface area contributed by atoms with Gasteiger partial charge in [0.2, 0.25) is 0 Å². The third-order valence-electron chi connectivity index (χ3n) is 5.35. The molecule has 1 fully saturated rings. The molecule has 2 aromatic carbocycles. The monoisotopic (exact) mass is 398 g/mol. The van der Waals surface area contributed by atoms with Crippen molar-refractivity contribution in [3.8, 4) is 0 Å². The molecule has 0 saturated carbocycles. The fourth-order valence-electron chi connectivity index (χ4n) is 3.76. The minimum Gasteiger partial charge on any atom is -0.507 e. The number of aliphatic hydroxyl groups is 1. The minimum absolute atomic E-state index is 0.102. The molecule has 1 unspecified atom stereocenters. The Balaban J connectivity index is 1.76. The summed E-state index contributed by atoms with van der Waals surface area (Å²) in [6.07, 6.45) is 3.88. The summed E-state index contributed by atoms with van der Waals surface area (Å²) < 4.78 is 0. The Bertz CT molecular complexity index is 1090. The Labute approximate surface area is 175 Å². The largest absolute Gasteiger partial charge is 0.507 e. The summed E-state index contributed by atoms with van der Waals surface area (Å²) in [6.45, 7) is 2.31. The maximum Gasteiger partial charge on any atom is 0.295 e. The Morgan fingerprint density at radius 1 is 1.00 bits per heavy atom. The average molecular weight is 398 g/mol. The van der Waals surface area contributed by atoms with Gasteiger partial charge >= 0.3 is 0 Å². The molecule has 5 heteroatoms. The maximum absolute atomic E-state index is 13.0. The fourth-order valence-corrected chi connectivity index (χ4v) is 3.76. The number of carbonyl (C=O) groups is 2. The van der Waals surface area contributed by atoms with Crippen molar-refractivity contribution >= 4 is 17.4 Å². The number of ketones is 1. The molecule has 1 amide bonds. The second-order valence-electron chi connectivity index (χ2n) is 7.38. The molecule has 1 N–H and O–H groups in total. The SMILES string of the molecule is Cc1ccc(C(O)=C2C(=O)C(=O)N(CCc3ccccc3)C2c2cccnc2)cc1. The number of hydrogen-bond acceptors (Lipinski definition) is 4.